The Labute approximate surface area is 120 Å². The summed E-state index contributed by atoms with van der Waals surface area (Å²) in [5, 5.41) is 0. The van der Waals surface area contributed by atoms with E-state index < -0.39 is 0 Å². The summed E-state index contributed by atoms with van der Waals surface area (Å²) in [6, 6.07) is 0. The van der Waals surface area contributed by atoms with Gasteiger partial charge in [0, 0.05) is 12.8 Å². The zero-order valence-corrected chi connectivity index (χ0v) is 13.5. The van der Waals surface area contributed by atoms with Gasteiger partial charge >= 0.3 is 0 Å². The third kappa shape index (κ3) is 5.67. The van der Waals surface area contributed by atoms with E-state index in [1.54, 1.807) is 0 Å². The van der Waals surface area contributed by atoms with Crippen molar-refractivity contribution in [2.45, 2.75) is 97.8 Å². The van der Waals surface area contributed by atoms with Gasteiger partial charge in [0.05, 0.1) is 0 Å². The Kier molecular flexibility index (Phi) is 7.71. The van der Waals surface area contributed by atoms with Crippen molar-refractivity contribution in [2.24, 2.45) is 11.3 Å². The molecule has 0 radical (unpaired) electrons. The minimum atomic E-state index is 0.375. The first-order chi connectivity index (χ1) is 9.15. The molecule has 0 aliphatic heterocycles. The molecule has 0 aromatic rings. The Morgan fingerprint density at radius 2 is 1.58 bits per heavy atom. The maximum Gasteiger partial charge on any atom is 0.133 e. The maximum atomic E-state index is 12.2. The minimum absolute atomic E-state index is 0.375. The van der Waals surface area contributed by atoms with Crippen LogP contribution in [0.3, 0.4) is 0 Å². The zero-order chi connectivity index (χ0) is 14.1. The van der Waals surface area contributed by atoms with Gasteiger partial charge in [-0.25, -0.2) is 0 Å². The van der Waals surface area contributed by atoms with Crippen LogP contribution in [0.4, 0.5) is 0 Å². The highest BCUT2D eigenvalue weighted by Crippen LogP contribution is 2.46. The van der Waals surface area contributed by atoms with Crippen molar-refractivity contribution >= 4 is 5.78 Å². The molecule has 0 N–H and O–H groups in total. The number of Topliss-reactive ketones (excluding diaryl/α,β-unsaturated/α-hetero) is 1. The highest BCUT2D eigenvalue weighted by atomic mass is 16.1. The molecule has 1 rings (SSSR count). The van der Waals surface area contributed by atoms with Gasteiger partial charge in [-0.05, 0) is 30.6 Å². The molecule has 1 heteroatoms. The molecule has 1 atom stereocenters. The maximum absolute atomic E-state index is 12.2. The fourth-order valence-electron chi connectivity index (χ4n) is 3.88. The molecule has 1 saturated carbocycles. The standard InChI is InChI=1S/C18H34O/c1-4-7-10-16-13-17(19)15-18(14-16,11-8-5-2)12-9-6-3/h16H,4-15H2,1-3H3. The van der Waals surface area contributed by atoms with E-state index >= 15 is 0 Å². The van der Waals surface area contributed by atoms with Gasteiger partial charge in [0.1, 0.15) is 5.78 Å². The van der Waals surface area contributed by atoms with Crippen molar-refractivity contribution < 1.29 is 4.79 Å². The number of carbonyl (C=O) groups excluding carboxylic acids is 1. The second-order valence-corrected chi connectivity index (χ2v) is 6.84. The molecule has 0 aromatic heterocycles. The largest absolute Gasteiger partial charge is 0.300 e. The molecule has 1 nitrogen and oxygen atoms in total. The smallest absolute Gasteiger partial charge is 0.133 e. The molecule has 1 fully saturated rings. The molecule has 0 spiro atoms. The van der Waals surface area contributed by atoms with Crippen molar-refractivity contribution in [3.8, 4) is 0 Å². The highest BCUT2D eigenvalue weighted by molar-refractivity contribution is 5.80. The van der Waals surface area contributed by atoms with E-state index in [2.05, 4.69) is 20.8 Å². The quantitative estimate of drug-likeness (QED) is 0.507. The van der Waals surface area contributed by atoms with Crippen LogP contribution in [-0.2, 0) is 4.79 Å². The Hall–Kier alpha value is -0.330. The van der Waals surface area contributed by atoms with Gasteiger partial charge in [-0.1, -0.05) is 65.7 Å². The lowest BCUT2D eigenvalue weighted by Crippen LogP contribution is -2.34. The van der Waals surface area contributed by atoms with E-state index in [1.165, 1.54) is 64.2 Å². The van der Waals surface area contributed by atoms with Crippen molar-refractivity contribution in [1.82, 2.24) is 0 Å². The van der Waals surface area contributed by atoms with Crippen molar-refractivity contribution in [1.29, 1.82) is 0 Å². The third-order valence-corrected chi connectivity index (χ3v) is 4.90. The Balaban J connectivity index is 2.66. The lowest BCUT2D eigenvalue weighted by atomic mass is 9.63. The first-order valence-electron chi connectivity index (χ1n) is 8.67. The fraction of sp³-hybridized carbons (Fsp3) is 0.944. The Morgan fingerprint density at radius 3 is 2.11 bits per heavy atom. The fourth-order valence-corrected chi connectivity index (χ4v) is 3.88. The molecule has 19 heavy (non-hydrogen) atoms. The first-order valence-corrected chi connectivity index (χ1v) is 8.67. The van der Waals surface area contributed by atoms with E-state index in [4.69, 9.17) is 0 Å². The SMILES string of the molecule is CCCCC1CC(=O)CC(CCCC)(CCCC)C1. The van der Waals surface area contributed by atoms with Gasteiger partial charge in [0.2, 0.25) is 0 Å². The molecule has 0 bridgehead atoms. The summed E-state index contributed by atoms with van der Waals surface area (Å²) in [4.78, 5) is 12.2. The minimum Gasteiger partial charge on any atom is -0.300 e. The number of unbranched alkanes of at least 4 members (excludes halogenated alkanes) is 3. The lowest BCUT2D eigenvalue weighted by molar-refractivity contribution is -0.126. The van der Waals surface area contributed by atoms with Crippen LogP contribution < -0.4 is 0 Å². The molecule has 0 amide bonds. The number of hydrogen-bond acceptors (Lipinski definition) is 1. The second kappa shape index (κ2) is 8.76. The van der Waals surface area contributed by atoms with Gasteiger partial charge < -0.3 is 0 Å². The van der Waals surface area contributed by atoms with Gasteiger partial charge in [-0.15, -0.1) is 0 Å². The summed E-state index contributed by atoms with van der Waals surface area (Å²) in [6.45, 7) is 6.80. The number of rotatable bonds is 9. The summed E-state index contributed by atoms with van der Waals surface area (Å²) in [5.74, 6) is 1.24. The van der Waals surface area contributed by atoms with Crippen LogP contribution in [-0.4, -0.2) is 5.78 Å². The van der Waals surface area contributed by atoms with E-state index in [0.717, 1.165) is 12.8 Å². The van der Waals surface area contributed by atoms with E-state index in [0.29, 0.717) is 17.1 Å². The van der Waals surface area contributed by atoms with E-state index in [-0.39, 0.29) is 0 Å². The van der Waals surface area contributed by atoms with Gasteiger partial charge in [-0.3, -0.25) is 4.79 Å². The van der Waals surface area contributed by atoms with Crippen molar-refractivity contribution in [3.05, 3.63) is 0 Å². The normalized spacial score (nSPS) is 22.7. The summed E-state index contributed by atoms with van der Waals surface area (Å²) in [6.07, 6.45) is 14.7. The Bertz CT molecular complexity index is 248. The third-order valence-electron chi connectivity index (χ3n) is 4.90. The van der Waals surface area contributed by atoms with Crippen LogP contribution in [0.25, 0.3) is 0 Å². The van der Waals surface area contributed by atoms with E-state index in [1.807, 2.05) is 0 Å². The predicted octanol–water partition coefficient (Wildman–Crippen LogP) is 5.91. The number of carbonyl (C=O) groups is 1. The van der Waals surface area contributed by atoms with Crippen LogP contribution in [0.15, 0.2) is 0 Å². The average Bonchev–Trinajstić information content (AvgIpc) is 2.40. The second-order valence-electron chi connectivity index (χ2n) is 6.84. The van der Waals surface area contributed by atoms with Crippen molar-refractivity contribution in [2.75, 3.05) is 0 Å². The van der Waals surface area contributed by atoms with Crippen LogP contribution in [0, 0.1) is 11.3 Å². The molecular formula is C18H34O. The Morgan fingerprint density at radius 1 is 1.00 bits per heavy atom. The van der Waals surface area contributed by atoms with Crippen LogP contribution >= 0.6 is 0 Å². The summed E-state index contributed by atoms with van der Waals surface area (Å²) in [7, 11) is 0. The molecule has 1 aliphatic carbocycles. The van der Waals surface area contributed by atoms with Crippen molar-refractivity contribution in [3.63, 3.8) is 0 Å². The van der Waals surface area contributed by atoms with E-state index in [9.17, 15) is 4.79 Å². The summed E-state index contributed by atoms with van der Waals surface area (Å²) in [5.41, 5.74) is 0.375. The molecule has 1 aliphatic rings. The summed E-state index contributed by atoms with van der Waals surface area (Å²) < 4.78 is 0. The monoisotopic (exact) mass is 266 g/mol. The first kappa shape index (κ1) is 16.7. The molecule has 0 saturated heterocycles. The highest BCUT2D eigenvalue weighted by Gasteiger charge is 2.38. The molecule has 0 heterocycles. The van der Waals surface area contributed by atoms with Gasteiger partial charge in [0.15, 0.2) is 0 Å². The number of ketones is 1. The molecule has 0 aromatic carbocycles. The van der Waals surface area contributed by atoms with Gasteiger partial charge in [-0.2, -0.15) is 0 Å². The number of hydrogen-bond donors (Lipinski definition) is 0. The molecule has 112 valence electrons. The molecular weight excluding hydrogens is 232 g/mol. The molecule has 1 unspecified atom stereocenters. The van der Waals surface area contributed by atoms with Crippen LogP contribution in [0.5, 0.6) is 0 Å². The van der Waals surface area contributed by atoms with Gasteiger partial charge in [0.25, 0.3) is 0 Å². The summed E-state index contributed by atoms with van der Waals surface area (Å²) >= 11 is 0. The lowest BCUT2D eigenvalue weighted by Gasteiger charge is -2.41. The average molecular weight is 266 g/mol. The van der Waals surface area contributed by atoms with Crippen LogP contribution in [0.1, 0.15) is 97.8 Å². The topological polar surface area (TPSA) is 17.1 Å². The van der Waals surface area contributed by atoms with Crippen LogP contribution in [0.2, 0.25) is 0 Å². The predicted molar refractivity (Wildman–Crippen MR) is 83.4 cm³/mol. The zero-order valence-electron chi connectivity index (χ0n) is 13.5.